The van der Waals surface area contributed by atoms with E-state index >= 15 is 0 Å². The van der Waals surface area contributed by atoms with Crippen LogP contribution in [-0.4, -0.2) is 30.4 Å². The van der Waals surface area contributed by atoms with Gasteiger partial charge >= 0.3 is 0 Å². The van der Waals surface area contributed by atoms with Crippen molar-refractivity contribution < 1.29 is 9.21 Å². The number of unbranched alkanes of at least 4 members (excludes halogenated alkanes) is 1. The Kier molecular flexibility index (Phi) is 4.58. The zero-order valence-corrected chi connectivity index (χ0v) is 11.3. The van der Waals surface area contributed by atoms with Gasteiger partial charge in [0.2, 0.25) is 0 Å². The fourth-order valence-electron chi connectivity index (χ4n) is 2.06. The van der Waals surface area contributed by atoms with Crippen LogP contribution in [0.2, 0.25) is 0 Å². The normalized spacial score (nSPS) is 10.8. The van der Waals surface area contributed by atoms with Gasteiger partial charge < -0.3 is 15.1 Å². The molecule has 0 unspecified atom stereocenters. The smallest absolute Gasteiger partial charge is 0.289 e. The Morgan fingerprint density at radius 3 is 2.79 bits per heavy atom. The van der Waals surface area contributed by atoms with Gasteiger partial charge in [-0.1, -0.05) is 31.5 Å². The van der Waals surface area contributed by atoms with E-state index in [4.69, 9.17) is 10.2 Å². The van der Waals surface area contributed by atoms with Crippen molar-refractivity contribution in [1.82, 2.24) is 4.90 Å². The zero-order valence-electron chi connectivity index (χ0n) is 11.3. The number of amides is 1. The first-order chi connectivity index (χ1) is 9.26. The maximum Gasteiger partial charge on any atom is 0.289 e. The van der Waals surface area contributed by atoms with Crippen LogP contribution in [0, 0.1) is 0 Å². The van der Waals surface area contributed by atoms with Gasteiger partial charge in [-0.05, 0) is 18.6 Å². The molecule has 0 saturated heterocycles. The molecular weight excluding hydrogens is 240 g/mol. The van der Waals surface area contributed by atoms with Crippen molar-refractivity contribution in [2.75, 3.05) is 19.6 Å². The SMILES string of the molecule is CCCCN(CCN)C(=O)c1cc2ccccc2o1. The predicted octanol–water partition coefficient (Wildman–Crippen LogP) is 2.63. The third-order valence-corrected chi connectivity index (χ3v) is 3.10. The molecule has 2 rings (SSSR count). The number of hydrogen-bond donors (Lipinski definition) is 1. The molecule has 102 valence electrons. The number of nitrogens with zero attached hydrogens (tertiary/aromatic N) is 1. The standard InChI is InChI=1S/C15H20N2O2/c1-2-3-9-17(10-8-16)15(18)14-11-12-6-4-5-7-13(12)19-14/h4-7,11H,2-3,8-10,16H2,1H3. The summed E-state index contributed by atoms with van der Waals surface area (Å²) in [6, 6.07) is 9.43. The number of carbonyl (C=O) groups is 1. The lowest BCUT2D eigenvalue weighted by atomic mass is 10.2. The fourth-order valence-corrected chi connectivity index (χ4v) is 2.06. The molecule has 1 aromatic carbocycles. The molecule has 0 aliphatic rings. The summed E-state index contributed by atoms with van der Waals surface area (Å²) in [5, 5.41) is 0.953. The van der Waals surface area contributed by atoms with Crippen LogP contribution in [0.1, 0.15) is 30.3 Å². The molecule has 1 heterocycles. The maximum absolute atomic E-state index is 12.4. The minimum absolute atomic E-state index is 0.0740. The second-order valence-electron chi connectivity index (χ2n) is 4.58. The number of hydrogen-bond acceptors (Lipinski definition) is 3. The van der Waals surface area contributed by atoms with Gasteiger partial charge in [-0.15, -0.1) is 0 Å². The third kappa shape index (κ3) is 3.15. The van der Waals surface area contributed by atoms with Crippen molar-refractivity contribution in [3.05, 3.63) is 36.1 Å². The Bertz CT molecular complexity index is 515. The van der Waals surface area contributed by atoms with Crippen LogP contribution in [0.5, 0.6) is 0 Å². The third-order valence-electron chi connectivity index (χ3n) is 3.10. The summed E-state index contributed by atoms with van der Waals surface area (Å²) in [6.45, 7) is 3.86. The van der Waals surface area contributed by atoms with Crippen LogP contribution in [0.3, 0.4) is 0 Å². The second kappa shape index (κ2) is 6.38. The highest BCUT2D eigenvalue weighted by atomic mass is 16.3. The van der Waals surface area contributed by atoms with Crippen LogP contribution in [-0.2, 0) is 0 Å². The highest BCUT2D eigenvalue weighted by Crippen LogP contribution is 2.20. The largest absolute Gasteiger partial charge is 0.451 e. The van der Waals surface area contributed by atoms with Gasteiger partial charge in [-0.2, -0.15) is 0 Å². The molecule has 4 nitrogen and oxygen atoms in total. The first-order valence-electron chi connectivity index (χ1n) is 6.74. The van der Waals surface area contributed by atoms with Gasteiger partial charge in [0, 0.05) is 25.0 Å². The van der Waals surface area contributed by atoms with Crippen LogP contribution in [0.25, 0.3) is 11.0 Å². The molecule has 0 aliphatic heterocycles. The van der Waals surface area contributed by atoms with Gasteiger partial charge in [0.25, 0.3) is 5.91 Å². The molecule has 19 heavy (non-hydrogen) atoms. The minimum Gasteiger partial charge on any atom is -0.451 e. The molecule has 4 heteroatoms. The van der Waals surface area contributed by atoms with Crippen LogP contribution < -0.4 is 5.73 Å². The lowest BCUT2D eigenvalue weighted by Crippen LogP contribution is -2.35. The Morgan fingerprint density at radius 1 is 1.32 bits per heavy atom. The quantitative estimate of drug-likeness (QED) is 0.868. The second-order valence-corrected chi connectivity index (χ2v) is 4.58. The van der Waals surface area contributed by atoms with Crippen molar-refractivity contribution in [2.24, 2.45) is 5.73 Å². The van der Waals surface area contributed by atoms with E-state index in [0.717, 1.165) is 30.4 Å². The van der Waals surface area contributed by atoms with Gasteiger partial charge in [-0.3, -0.25) is 4.79 Å². The first kappa shape index (κ1) is 13.6. The lowest BCUT2D eigenvalue weighted by molar-refractivity contribution is 0.0728. The number of furan rings is 1. The monoisotopic (exact) mass is 260 g/mol. The number of rotatable bonds is 6. The molecule has 0 atom stereocenters. The molecule has 0 aliphatic carbocycles. The van der Waals surface area contributed by atoms with E-state index in [9.17, 15) is 4.79 Å². The average molecular weight is 260 g/mol. The molecule has 1 amide bonds. The van der Waals surface area contributed by atoms with Crippen molar-refractivity contribution in [3.8, 4) is 0 Å². The van der Waals surface area contributed by atoms with Gasteiger partial charge in [0.15, 0.2) is 5.76 Å². The molecule has 1 aromatic heterocycles. The van der Waals surface area contributed by atoms with E-state index in [1.54, 1.807) is 11.0 Å². The summed E-state index contributed by atoms with van der Waals surface area (Å²) in [4.78, 5) is 14.2. The summed E-state index contributed by atoms with van der Waals surface area (Å²) in [7, 11) is 0. The average Bonchev–Trinajstić information content (AvgIpc) is 2.86. The van der Waals surface area contributed by atoms with Gasteiger partial charge in [-0.25, -0.2) is 0 Å². The Morgan fingerprint density at radius 2 is 2.11 bits per heavy atom. The van der Waals surface area contributed by atoms with E-state index in [1.165, 1.54) is 0 Å². The van der Waals surface area contributed by atoms with E-state index in [2.05, 4.69) is 6.92 Å². The molecule has 0 spiro atoms. The van der Waals surface area contributed by atoms with Crippen LogP contribution in [0.4, 0.5) is 0 Å². The van der Waals surface area contributed by atoms with E-state index in [1.807, 2.05) is 24.3 Å². The molecule has 2 N–H and O–H groups in total. The number of para-hydroxylation sites is 1. The van der Waals surface area contributed by atoms with Crippen molar-refractivity contribution in [2.45, 2.75) is 19.8 Å². The topological polar surface area (TPSA) is 59.5 Å². The summed E-state index contributed by atoms with van der Waals surface area (Å²) >= 11 is 0. The highest BCUT2D eigenvalue weighted by Gasteiger charge is 2.18. The first-order valence-corrected chi connectivity index (χ1v) is 6.74. The number of nitrogens with two attached hydrogens (primary N) is 1. The zero-order chi connectivity index (χ0) is 13.7. The van der Waals surface area contributed by atoms with Crippen LogP contribution in [0.15, 0.2) is 34.7 Å². The highest BCUT2D eigenvalue weighted by molar-refractivity contribution is 5.96. The number of carbonyl (C=O) groups excluding carboxylic acids is 1. The predicted molar refractivity (Wildman–Crippen MR) is 76.1 cm³/mol. The Balaban J connectivity index is 2.19. The minimum atomic E-state index is -0.0740. The summed E-state index contributed by atoms with van der Waals surface area (Å²) < 4.78 is 5.61. The maximum atomic E-state index is 12.4. The fraction of sp³-hybridized carbons (Fsp3) is 0.400. The molecule has 0 radical (unpaired) electrons. The number of benzene rings is 1. The molecular formula is C15H20N2O2. The van der Waals surface area contributed by atoms with Crippen molar-refractivity contribution in [1.29, 1.82) is 0 Å². The molecule has 0 fully saturated rings. The Labute approximate surface area is 113 Å². The summed E-state index contributed by atoms with van der Waals surface area (Å²) in [5.41, 5.74) is 6.31. The van der Waals surface area contributed by atoms with Crippen LogP contribution >= 0.6 is 0 Å². The molecule has 0 bridgehead atoms. The number of fused-ring (bicyclic) bond motifs is 1. The molecule has 0 saturated carbocycles. The van der Waals surface area contributed by atoms with Gasteiger partial charge in [0.1, 0.15) is 5.58 Å². The van der Waals surface area contributed by atoms with E-state index < -0.39 is 0 Å². The summed E-state index contributed by atoms with van der Waals surface area (Å²) in [5.74, 6) is 0.320. The van der Waals surface area contributed by atoms with Crippen molar-refractivity contribution >= 4 is 16.9 Å². The Hall–Kier alpha value is -1.81. The lowest BCUT2D eigenvalue weighted by Gasteiger charge is -2.20. The van der Waals surface area contributed by atoms with Crippen molar-refractivity contribution in [3.63, 3.8) is 0 Å². The molecule has 2 aromatic rings. The van der Waals surface area contributed by atoms with E-state index in [0.29, 0.717) is 18.8 Å². The summed E-state index contributed by atoms with van der Waals surface area (Å²) in [6.07, 6.45) is 2.03. The van der Waals surface area contributed by atoms with Gasteiger partial charge in [0.05, 0.1) is 0 Å². The van der Waals surface area contributed by atoms with E-state index in [-0.39, 0.29) is 5.91 Å².